The lowest BCUT2D eigenvalue weighted by atomic mass is 10.2. The molecule has 0 unspecified atom stereocenters. The summed E-state index contributed by atoms with van der Waals surface area (Å²) in [4.78, 5) is 10.1. The van der Waals surface area contributed by atoms with Gasteiger partial charge in [0, 0.05) is 12.4 Å². The van der Waals surface area contributed by atoms with E-state index in [4.69, 9.17) is 0 Å². The highest BCUT2D eigenvalue weighted by atomic mass is 19.1. The van der Waals surface area contributed by atoms with Crippen molar-refractivity contribution in [2.75, 3.05) is 0 Å². The molecule has 0 N–H and O–H groups in total. The van der Waals surface area contributed by atoms with Crippen LogP contribution in [0.15, 0.2) is 42.7 Å². The molecule has 76 valence electrons. The maximum atomic E-state index is 12.8. The van der Waals surface area contributed by atoms with Gasteiger partial charge in [0.1, 0.15) is 11.5 Å². The van der Waals surface area contributed by atoms with E-state index in [1.165, 1.54) is 12.1 Å². The fourth-order valence-corrected chi connectivity index (χ4v) is 1.36. The number of halogens is 1. The summed E-state index contributed by atoms with van der Waals surface area (Å²) in [7, 11) is 0. The lowest BCUT2D eigenvalue weighted by Gasteiger charge is -2.03. The Hall–Kier alpha value is -2.17. The molecule has 0 aliphatic heterocycles. The molecule has 0 spiro atoms. The standard InChI is InChI=1S/C10H7FN2O2/c11-8-3-4-9(10(7-8)13(14)15)12-5-1-2-6-12/h1-7H. The van der Waals surface area contributed by atoms with Gasteiger partial charge in [-0.3, -0.25) is 10.1 Å². The van der Waals surface area contributed by atoms with Crippen LogP contribution in [0, 0.1) is 15.9 Å². The van der Waals surface area contributed by atoms with Gasteiger partial charge in [0.2, 0.25) is 0 Å². The van der Waals surface area contributed by atoms with Crippen LogP contribution in [0.3, 0.4) is 0 Å². The second kappa shape index (κ2) is 3.53. The van der Waals surface area contributed by atoms with Crippen molar-refractivity contribution in [3.8, 4) is 5.69 Å². The predicted molar refractivity (Wildman–Crippen MR) is 52.4 cm³/mol. The summed E-state index contributed by atoms with van der Waals surface area (Å²) in [5, 5.41) is 10.7. The summed E-state index contributed by atoms with van der Waals surface area (Å²) < 4.78 is 14.4. The molecule has 0 atom stereocenters. The summed E-state index contributed by atoms with van der Waals surface area (Å²) in [6.07, 6.45) is 3.33. The third-order valence-electron chi connectivity index (χ3n) is 2.02. The molecule has 0 fully saturated rings. The minimum absolute atomic E-state index is 0.244. The molecule has 1 aromatic heterocycles. The van der Waals surface area contributed by atoms with Crippen LogP contribution in [0.5, 0.6) is 0 Å². The quantitative estimate of drug-likeness (QED) is 0.560. The van der Waals surface area contributed by atoms with E-state index in [-0.39, 0.29) is 5.69 Å². The molecule has 1 heterocycles. The van der Waals surface area contributed by atoms with Crippen molar-refractivity contribution in [2.45, 2.75) is 0 Å². The summed E-state index contributed by atoms with van der Waals surface area (Å²) in [6, 6.07) is 6.98. The molecule has 15 heavy (non-hydrogen) atoms. The zero-order valence-corrected chi connectivity index (χ0v) is 7.63. The number of nitro benzene ring substituents is 1. The second-order valence-electron chi connectivity index (χ2n) is 2.98. The number of aromatic nitrogens is 1. The molecule has 0 amide bonds. The Labute approximate surface area is 84.7 Å². The van der Waals surface area contributed by atoms with Gasteiger partial charge < -0.3 is 4.57 Å². The second-order valence-corrected chi connectivity index (χ2v) is 2.98. The van der Waals surface area contributed by atoms with Crippen molar-refractivity contribution < 1.29 is 9.31 Å². The van der Waals surface area contributed by atoms with Gasteiger partial charge in [0.05, 0.1) is 11.0 Å². The molecule has 0 saturated carbocycles. The molecular weight excluding hydrogens is 199 g/mol. The van der Waals surface area contributed by atoms with E-state index >= 15 is 0 Å². The third-order valence-corrected chi connectivity index (χ3v) is 2.02. The zero-order chi connectivity index (χ0) is 10.8. The third kappa shape index (κ3) is 1.71. The van der Waals surface area contributed by atoms with Crippen LogP contribution in [-0.2, 0) is 0 Å². The number of benzene rings is 1. The van der Waals surface area contributed by atoms with Crippen LogP contribution >= 0.6 is 0 Å². The molecule has 2 aromatic rings. The molecule has 1 aromatic carbocycles. The number of hydrogen-bond donors (Lipinski definition) is 0. The van der Waals surface area contributed by atoms with Gasteiger partial charge in [-0.2, -0.15) is 0 Å². The van der Waals surface area contributed by atoms with Crippen molar-refractivity contribution in [2.24, 2.45) is 0 Å². The maximum Gasteiger partial charge on any atom is 0.296 e. The molecule has 0 radical (unpaired) electrons. The van der Waals surface area contributed by atoms with Crippen LogP contribution in [-0.4, -0.2) is 9.49 Å². The first kappa shape index (κ1) is 9.39. The van der Waals surface area contributed by atoms with Gasteiger partial charge >= 0.3 is 0 Å². The lowest BCUT2D eigenvalue weighted by Crippen LogP contribution is -1.98. The normalized spacial score (nSPS) is 10.2. The number of nitro groups is 1. The summed E-state index contributed by atoms with van der Waals surface area (Å²) in [6.45, 7) is 0. The molecule has 0 aliphatic rings. The predicted octanol–water partition coefficient (Wildman–Crippen LogP) is 2.52. The maximum absolute atomic E-state index is 12.8. The van der Waals surface area contributed by atoms with Gasteiger partial charge in [-0.1, -0.05) is 0 Å². The van der Waals surface area contributed by atoms with Crippen LogP contribution in [0.2, 0.25) is 0 Å². The molecular formula is C10H7FN2O2. The van der Waals surface area contributed by atoms with Crippen LogP contribution in [0.25, 0.3) is 5.69 Å². The van der Waals surface area contributed by atoms with Gasteiger partial charge in [-0.15, -0.1) is 0 Å². The van der Waals surface area contributed by atoms with E-state index in [1.807, 2.05) is 0 Å². The van der Waals surface area contributed by atoms with Gasteiger partial charge in [-0.05, 0) is 24.3 Å². The van der Waals surface area contributed by atoms with E-state index in [9.17, 15) is 14.5 Å². The first-order valence-corrected chi connectivity index (χ1v) is 4.26. The van der Waals surface area contributed by atoms with E-state index in [0.717, 1.165) is 6.07 Å². The van der Waals surface area contributed by atoms with Crippen LogP contribution in [0.4, 0.5) is 10.1 Å². The Morgan fingerprint density at radius 3 is 2.53 bits per heavy atom. The van der Waals surface area contributed by atoms with Gasteiger partial charge in [0.25, 0.3) is 5.69 Å². The fourth-order valence-electron chi connectivity index (χ4n) is 1.36. The molecule has 0 saturated heterocycles. The molecule has 0 bridgehead atoms. The Morgan fingerprint density at radius 2 is 1.93 bits per heavy atom. The lowest BCUT2D eigenvalue weighted by molar-refractivity contribution is -0.384. The minimum Gasteiger partial charge on any atom is -0.318 e. The Bertz CT molecular complexity index is 494. The van der Waals surface area contributed by atoms with Gasteiger partial charge in [0.15, 0.2) is 0 Å². The van der Waals surface area contributed by atoms with Crippen molar-refractivity contribution in [1.29, 1.82) is 0 Å². The van der Waals surface area contributed by atoms with E-state index < -0.39 is 10.7 Å². The molecule has 2 rings (SSSR count). The highest BCUT2D eigenvalue weighted by Gasteiger charge is 2.15. The first-order valence-electron chi connectivity index (χ1n) is 4.26. The van der Waals surface area contributed by atoms with Crippen LogP contribution in [0.1, 0.15) is 0 Å². The highest BCUT2D eigenvalue weighted by Crippen LogP contribution is 2.23. The number of rotatable bonds is 2. The monoisotopic (exact) mass is 206 g/mol. The zero-order valence-electron chi connectivity index (χ0n) is 7.63. The Morgan fingerprint density at radius 1 is 1.27 bits per heavy atom. The summed E-state index contributed by atoms with van der Waals surface area (Å²) >= 11 is 0. The molecule has 4 nitrogen and oxygen atoms in total. The topological polar surface area (TPSA) is 48.1 Å². The van der Waals surface area contributed by atoms with Crippen molar-refractivity contribution >= 4 is 5.69 Å². The highest BCUT2D eigenvalue weighted by molar-refractivity contribution is 5.52. The van der Waals surface area contributed by atoms with Crippen LogP contribution < -0.4 is 0 Å². The first-order chi connectivity index (χ1) is 7.18. The van der Waals surface area contributed by atoms with E-state index in [0.29, 0.717) is 5.69 Å². The Balaban J connectivity index is 2.61. The molecule has 5 heteroatoms. The van der Waals surface area contributed by atoms with E-state index in [2.05, 4.69) is 0 Å². The number of hydrogen-bond acceptors (Lipinski definition) is 2. The summed E-state index contributed by atoms with van der Waals surface area (Å²) in [5.74, 6) is -0.613. The fraction of sp³-hybridized carbons (Fsp3) is 0. The van der Waals surface area contributed by atoms with Crippen molar-refractivity contribution in [3.05, 3.63) is 58.7 Å². The average molecular weight is 206 g/mol. The van der Waals surface area contributed by atoms with Crippen molar-refractivity contribution in [1.82, 2.24) is 4.57 Å². The van der Waals surface area contributed by atoms with Gasteiger partial charge in [-0.25, -0.2) is 4.39 Å². The Kier molecular flexibility index (Phi) is 2.21. The minimum atomic E-state index is -0.613. The van der Waals surface area contributed by atoms with Crippen molar-refractivity contribution in [3.63, 3.8) is 0 Å². The SMILES string of the molecule is O=[N+]([O-])c1cc(F)ccc1-n1cccc1. The average Bonchev–Trinajstić information content (AvgIpc) is 2.70. The smallest absolute Gasteiger partial charge is 0.296 e. The number of nitrogens with zero attached hydrogens (tertiary/aromatic N) is 2. The largest absolute Gasteiger partial charge is 0.318 e. The summed E-state index contributed by atoms with van der Waals surface area (Å²) in [5.41, 5.74) is 0.109. The molecule has 0 aliphatic carbocycles. The van der Waals surface area contributed by atoms with E-state index in [1.54, 1.807) is 29.1 Å².